The van der Waals surface area contributed by atoms with Crippen molar-refractivity contribution in [3.63, 3.8) is 0 Å². The van der Waals surface area contributed by atoms with Gasteiger partial charge in [-0.2, -0.15) is 8.78 Å². The number of urea groups is 1. The van der Waals surface area contributed by atoms with Crippen molar-refractivity contribution < 1.29 is 22.0 Å². The standard InChI is InChI=1S/C18H22F2N2O3S/c19-17(20)26(24,25)16-3-1-14(2-4-16)21-18(23)22-10-13-6-11-5-12(7-13)9-15(22)8-11/h1-4,11-13,15,17H,5-10H2,(H,21,23)/t11-,12+,13?,15?. The lowest BCUT2D eigenvalue weighted by Crippen LogP contribution is -2.44. The Morgan fingerprint density at radius 3 is 2.15 bits per heavy atom. The molecule has 0 radical (unpaired) electrons. The van der Waals surface area contributed by atoms with Crippen LogP contribution in [0.1, 0.15) is 32.1 Å². The summed E-state index contributed by atoms with van der Waals surface area (Å²) in [4.78, 5) is 14.2. The van der Waals surface area contributed by atoms with E-state index in [1.165, 1.54) is 31.4 Å². The molecule has 1 aromatic rings. The third-order valence-corrected chi connectivity index (χ3v) is 7.43. The van der Waals surface area contributed by atoms with Crippen molar-refractivity contribution in [1.82, 2.24) is 4.90 Å². The summed E-state index contributed by atoms with van der Waals surface area (Å²) >= 11 is 0. The average molecular weight is 384 g/mol. The Kier molecular flexibility index (Phi) is 4.41. The molecule has 26 heavy (non-hydrogen) atoms. The van der Waals surface area contributed by atoms with Gasteiger partial charge in [0.05, 0.1) is 4.90 Å². The fraction of sp³-hybridized carbons (Fsp3) is 0.611. The number of nitrogens with zero attached hydrogens (tertiary/aromatic N) is 1. The van der Waals surface area contributed by atoms with E-state index in [0.717, 1.165) is 43.4 Å². The zero-order chi connectivity index (χ0) is 18.5. The van der Waals surface area contributed by atoms with Crippen LogP contribution in [0.4, 0.5) is 19.3 Å². The largest absolute Gasteiger partial charge is 0.341 e. The molecular formula is C18H22F2N2O3S. The second-order valence-corrected chi connectivity index (χ2v) is 9.76. The number of hydrogen-bond acceptors (Lipinski definition) is 3. The molecule has 1 N–H and O–H groups in total. The molecule has 0 spiro atoms. The van der Waals surface area contributed by atoms with Gasteiger partial charge in [-0.05, 0) is 74.1 Å². The van der Waals surface area contributed by atoms with Crippen LogP contribution in [0.2, 0.25) is 0 Å². The number of anilines is 1. The maximum atomic E-state index is 12.8. The van der Waals surface area contributed by atoms with E-state index in [9.17, 15) is 22.0 Å². The maximum Gasteiger partial charge on any atom is 0.341 e. The summed E-state index contributed by atoms with van der Waals surface area (Å²) in [6.45, 7) is 0.765. The molecule has 8 heteroatoms. The molecule has 4 bridgehead atoms. The van der Waals surface area contributed by atoms with Gasteiger partial charge in [-0.1, -0.05) is 0 Å². The first-order valence-corrected chi connectivity index (χ1v) is 10.6. The van der Waals surface area contributed by atoms with Gasteiger partial charge in [-0.3, -0.25) is 0 Å². The Labute approximate surface area is 151 Å². The predicted molar refractivity (Wildman–Crippen MR) is 92.7 cm³/mol. The number of nitrogens with one attached hydrogen (secondary N) is 1. The first-order valence-electron chi connectivity index (χ1n) is 9.02. The summed E-state index contributed by atoms with van der Waals surface area (Å²) in [5.41, 5.74) is 0.409. The van der Waals surface area contributed by atoms with Gasteiger partial charge in [0.25, 0.3) is 0 Å². The lowest BCUT2D eigenvalue weighted by atomic mass is 9.68. The van der Waals surface area contributed by atoms with Crippen LogP contribution >= 0.6 is 0 Å². The summed E-state index contributed by atoms with van der Waals surface area (Å²) in [6, 6.07) is 5.00. The van der Waals surface area contributed by atoms with Crippen LogP contribution in [0.25, 0.3) is 0 Å². The minimum Gasteiger partial charge on any atom is -0.321 e. The first kappa shape index (κ1) is 17.7. The molecule has 2 saturated carbocycles. The van der Waals surface area contributed by atoms with E-state index >= 15 is 0 Å². The Bertz CT molecular complexity index is 783. The summed E-state index contributed by atoms with van der Waals surface area (Å²) in [5.74, 6) is -1.43. The van der Waals surface area contributed by atoms with Crippen molar-refractivity contribution in [1.29, 1.82) is 0 Å². The van der Waals surface area contributed by atoms with E-state index in [0.29, 0.717) is 11.6 Å². The van der Waals surface area contributed by atoms with Crippen LogP contribution in [0, 0.1) is 17.8 Å². The molecule has 2 saturated heterocycles. The summed E-state index contributed by atoms with van der Waals surface area (Å²) in [5, 5.41) is 2.79. The molecule has 1 aromatic carbocycles. The van der Waals surface area contributed by atoms with Crippen LogP contribution in [0.5, 0.6) is 0 Å². The number of benzene rings is 1. The van der Waals surface area contributed by atoms with Gasteiger partial charge >= 0.3 is 11.8 Å². The number of amides is 2. The highest BCUT2D eigenvalue weighted by Gasteiger charge is 2.44. The zero-order valence-electron chi connectivity index (χ0n) is 14.3. The number of carbonyl (C=O) groups excluding carboxylic acids is 1. The number of sulfone groups is 1. The normalized spacial score (nSPS) is 30.5. The van der Waals surface area contributed by atoms with Gasteiger partial charge in [-0.15, -0.1) is 0 Å². The zero-order valence-corrected chi connectivity index (χ0v) is 15.1. The molecule has 2 heterocycles. The third-order valence-electron chi connectivity index (χ3n) is 6.04. The lowest BCUT2D eigenvalue weighted by Gasteiger charge is -2.38. The molecule has 5 rings (SSSR count). The quantitative estimate of drug-likeness (QED) is 0.864. The second kappa shape index (κ2) is 6.48. The molecule has 2 amide bonds. The summed E-state index contributed by atoms with van der Waals surface area (Å²) in [6.07, 6.45) is 5.83. The van der Waals surface area contributed by atoms with Crippen molar-refractivity contribution in [3.8, 4) is 0 Å². The molecule has 5 nitrogen and oxygen atoms in total. The Balaban J connectivity index is 1.47. The second-order valence-electron chi connectivity index (χ2n) is 7.84. The Morgan fingerprint density at radius 1 is 1.00 bits per heavy atom. The van der Waals surface area contributed by atoms with Gasteiger partial charge < -0.3 is 10.2 Å². The minimum absolute atomic E-state index is 0.187. The number of hydrogen-bond donors (Lipinski definition) is 1. The highest BCUT2D eigenvalue weighted by molar-refractivity contribution is 7.91. The number of fused-ring (bicyclic) bond motifs is 1. The molecule has 4 aliphatic rings. The number of rotatable bonds is 3. The lowest BCUT2D eigenvalue weighted by molar-refractivity contribution is 0.136. The van der Waals surface area contributed by atoms with E-state index in [2.05, 4.69) is 5.32 Å². The molecule has 2 aliphatic heterocycles. The van der Waals surface area contributed by atoms with E-state index in [1.807, 2.05) is 4.90 Å². The number of halogens is 2. The monoisotopic (exact) mass is 384 g/mol. The van der Waals surface area contributed by atoms with Crippen LogP contribution < -0.4 is 5.32 Å². The molecule has 4 fully saturated rings. The Hall–Kier alpha value is -1.70. The van der Waals surface area contributed by atoms with Gasteiger partial charge in [0, 0.05) is 18.3 Å². The van der Waals surface area contributed by atoms with Crippen molar-refractivity contribution in [2.45, 2.75) is 48.8 Å². The summed E-state index contributed by atoms with van der Waals surface area (Å²) < 4.78 is 48.1. The summed E-state index contributed by atoms with van der Waals surface area (Å²) in [7, 11) is -4.62. The predicted octanol–water partition coefficient (Wildman–Crippen LogP) is 3.73. The van der Waals surface area contributed by atoms with E-state index < -0.39 is 20.5 Å². The maximum absolute atomic E-state index is 12.8. The number of carbonyl (C=O) groups is 1. The molecule has 2 unspecified atom stereocenters. The topological polar surface area (TPSA) is 66.5 Å². The van der Waals surface area contributed by atoms with Crippen molar-refractivity contribution >= 4 is 21.6 Å². The van der Waals surface area contributed by atoms with Gasteiger partial charge in [0.1, 0.15) is 0 Å². The van der Waals surface area contributed by atoms with Crippen molar-refractivity contribution in [2.24, 2.45) is 17.8 Å². The van der Waals surface area contributed by atoms with Crippen LogP contribution in [0.15, 0.2) is 29.2 Å². The Morgan fingerprint density at radius 2 is 1.58 bits per heavy atom. The van der Waals surface area contributed by atoms with E-state index in [4.69, 9.17) is 0 Å². The molecule has 142 valence electrons. The highest BCUT2D eigenvalue weighted by Crippen LogP contribution is 2.47. The first-order chi connectivity index (χ1) is 12.3. The van der Waals surface area contributed by atoms with Crippen molar-refractivity contribution in [3.05, 3.63) is 24.3 Å². The fourth-order valence-electron chi connectivity index (χ4n) is 5.06. The minimum atomic E-state index is -4.62. The van der Waals surface area contributed by atoms with Crippen molar-refractivity contribution in [2.75, 3.05) is 11.9 Å². The average Bonchev–Trinajstić information content (AvgIpc) is 2.78. The van der Waals surface area contributed by atoms with E-state index in [1.54, 1.807) is 0 Å². The smallest absolute Gasteiger partial charge is 0.321 e. The molecule has 2 aliphatic carbocycles. The SMILES string of the molecule is O=C(Nc1ccc(S(=O)(=O)C(F)F)cc1)N1CC2C[C@@H]3CC1C[C@H](C2)C3. The molecule has 4 atom stereocenters. The number of alkyl halides is 2. The fourth-order valence-corrected chi connectivity index (χ4v) is 5.78. The third kappa shape index (κ3) is 3.19. The van der Waals surface area contributed by atoms with Gasteiger partial charge in [0.2, 0.25) is 9.84 Å². The van der Waals surface area contributed by atoms with Crippen LogP contribution in [-0.4, -0.2) is 37.7 Å². The molecular weight excluding hydrogens is 362 g/mol. The van der Waals surface area contributed by atoms with Crippen LogP contribution in [-0.2, 0) is 9.84 Å². The van der Waals surface area contributed by atoms with Gasteiger partial charge in [-0.25, -0.2) is 13.2 Å². The highest BCUT2D eigenvalue weighted by atomic mass is 32.2. The van der Waals surface area contributed by atoms with E-state index in [-0.39, 0.29) is 12.1 Å². The molecule has 0 aromatic heterocycles. The van der Waals surface area contributed by atoms with Crippen LogP contribution in [0.3, 0.4) is 0 Å². The van der Waals surface area contributed by atoms with Gasteiger partial charge in [0.15, 0.2) is 0 Å².